The maximum Gasteiger partial charge on any atom is 0.233 e. The molecular weight excluding hydrogens is 314 g/mol. The van der Waals surface area contributed by atoms with Gasteiger partial charge in [-0.05, 0) is 54.4 Å². The minimum atomic E-state index is -0.282. The lowest BCUT2D eigenvalue weighted by Gasteiger charge is -2.73. The van der Waals surface area contributed by atoms with Crippen molar-refractivity contribution < 1.29 is 14.4 Å². The van der Waals surface area contributed by atoms with E-state index in [4.69, 9.17) is 0 Å². The molecule has 1 heterocycles. The summed E-state index contributed by atoms with van der Waals surface area (Å²) in [6.07, 6.45) is 3.51. The Balaban J connectivity index is 1.76. The number of carbonyl (C=O) groups is 3. The molecule has 0 unspecified atom stereocenters. The van der Waals surface area contributed by atoms with E-state index < -0.39 is 0 Å². The van der Waals surface area contributed by atoms with Gasteiger partial charge in [0.05, 0.1) is 11.8 Å². The number of rotatable bonds is 1. The van der Waals surface area contributed by atoms with Gasteiger partial charge in [0.15, 0.2) is 5.78 Å². The molecule has 5 aliphatic carbocycles. The number of hydrogen-bond acceptors (Lipinski definition) is 3. The minimum Gasteiger partial charge on any atom is -0.295 e. The molecule has 0 N–H and O–H groups in total. The molecular formula is C21H27NO3. The summed E-state index contributed by atoms with van der Waals surface area (Å²) < 4.78 is 0. The number of likely N-dealkylation sites (tertiary alicyclic amines) is 1. The SMILES string of the molecule is CCN1C(=O)[C@H]2[C@H]3C4=C(C(=O)CCC4)[C@@H]([C@H]2C1=O)[C@]1(C)CC(C)(C)[C@H]31. The van der Waals surface area contributed by atoms with Crippen molar-refractivity contribution in [2.45, 2.75) is 53.4 Å². The van der Waals surface area contributed by atoms with Crippen LogP contribution in [-0.4, -0.2) is 29.0 Å². The van der Waals surface area contributed by atoms with Crippen LogP contribution in [0.1, 0.15) is 53.4 Å². The van der Waals surface area contributed by atoms with E-state index in [-0.39, 0.29) is 52.1 Å². The second-order valence-corrected chi connectivity index (χ2v) is 9.84. The monoisotopic (exact) mass is 341 g/mol. The molecule has 4 nitrogen and oxygen atoms in total. The number of amides is 2. The summed E-state index contributed by atoms with van der Waals surface area (Å²) in [5, 5.41) is 0. The van der Waals surface area contributed by atoms with E-state index in [0.29, 0.717) is 18.9 Å². The van der Waals surface area contributed by atoms with Gasteiger partial charge in [0.25, 0.3) is 0 Å². The molecule has 134 valence electrons. The van der Waals surface area contributed by atoms with Crippen molar-refractivity contribution in [1.82, 2.24) is 4.90 Å². The van der Waals surface area contributed by atoms with Crippen LogP contribution in [0.3, 0.4) is 0 Å². The second-order valence-electron chi connectivity index (χ2n) is 9.84. The number of carbonyl (C=O) groups excluding carboxylic acids is 3. The predicted molar refractivity (Wildman–Crippen MR) is 92.2 cm³/mol. The number of imide groups is 1. The van der Waals surface area contributed by atoms with Crippen molar-refractivity contribution in [3.8, 4) is 0 Å². The average Bonchev–Trinajstić information content (AvgIpc) is 2.78. The summed E-state index contributed by atoms with van der Waals surface area (Å²) in [4.78, 5) is 40.5. The van der Waals surface area contributed by atoms with Crippen LogP contribution in [0.5, 0.6) is 0 Å². The highest BCUT2D eigenvalue weighted by atomic mass is 16.2. The van der Waals surface area contributed by atoms with Gasteiger partial charge in [0.2, 0.25) is 11.8 Å². The van der Waals surface area contributed by atoms with Gasteiger partial charge in [0.1, 0.15) is 0 Å². The number of Topliss-reactive ketones (excluding diaryl/α,β-unsaturated/α-hetero) is 1. The first-order valence-electron chi connectivity index (χ1n) is 9.85. The normalized spacial score (nSPS) is 46.8. The smallest absolute Gasteiger partial charge is 0.233 e. The van der Waals surface area contributed by atoms with Crippen LogP contribution in [0.15, 0.2) is 11.1 Å². The van der Waals surface area contributed by atoms with Crippen molar-refractivity contribution >= 4 is 17.6 Å². The fraction of sp³-hybridized carbons (Fsp3) is 0.762. The van der Waals surface area contributed by atoms with Gasteiger partial charge in [0, 0.05) is 18.9 Å². The average molecular weight is 341 g/mol. The van der Waals surface area contributed by atoms with Gasteiger partial charge in [-0.25, -0.2) is 0 Å². The Labute approximate surface area is 149 Å². The molecule has 3 fully saturated rings. The zero-order chi connectivity index (χ0) is 17.9. The van der Waals surface area contributed by atoms with E-state index in [9.17, 15) is 14.4 Å². The fourth-order valence-corrected chi connectivity index (χ4v) is 8.13. The quantitative estimate of drug-likeness (QED) is 0.689. The largest absolute Gasteiger partial charge is 0.295 e. The van der Waals surface area contributed by atoms with Gasteiger partial charge in [-0.15, -0.1) is 0 Å². The van der Waals surface area contributed by atoms with E-state index in [0.717, 1.165) is 24.8 Å². The summed E-state index contributed by atoms with van der Waals surface area (Å²) in [7, 11) is 0. The molecule has 0 aromatic heterocycles. The molecule has 1 saturated heterocycles. The minimum absolute atomic E-state index is 0.000851. The molecule has 0 spiro atoms. The third kappa shape index (κ3) is 1.54. The molecule has 4 heteroatoms. The Kier molecular flexibility index (Phi) is 2.80. The van der Waals surface area contributed by atoms with Crippen molar-refractivity contribution in [2.75, 3.05) is 6.54 Å². The van der Waals surface area contributed by atoms with Crippen molar-refractivity contribution in [3.05, 3.63) is 11.1 Å². The van der Waals surface area contributed by atoms with Crippen LogP contribution < -0.4 is 0 Å². The standard InChI is InChI=1S/C21H27NO3/c1-5-22-18(24)14-13-10-7-6-8-11(23)12(10)16(15(14)19(22)25)21(4)9-20(2,3)17(13)21/h13-17H,5-9H2,1-4H3/t13-,14+,15+,16+,17+,21+/m1/s1. The maximum atomic E-state index is 13.1. The fourth-order valence-electron chi connectivity index (χ4n) is 8.13. The number of hydrogen-bond donors (Lipinski definition) is 0. The summed E-state index contributed by atoms with van der Waals surface area (Å²) in [6.45, 7) is 9.23. The summed E-state index contributed by atoms with van der Waals surface area (Å²) in [5.74, 6) is 0.282. The van der Waals surface area contributed by atoms with Crippen LogP contribution >= 0.6 is 0 Å². The summed E-state index contributed by atoms with van der Waals surface area (Å²) in [5.41, 5.74) is 2.42. The highest BCUT2D eigenvalue weighted by molar-refractivity contribution is 6.09. The summed E-state index contributed by atoms with van der Waals surface area (Å²) in [6, 6.07) is 0. The van der Waals surface area contributed by atoms with Crippen LogP contribution in [0.4, 0.5) is 0 Å². The zero-order valence-corrected chi connectivity index (χ0v) is 15.6. The molecule has 2 amide bonds. The Morgan fingerprint density at radius 2 is 1.68 bits per heavy atom. The summed E-state index contributed by atoms with van der Waals surface area (Å²) >= 11 is 0. The van der Waals surface area contributed by atoms with Crippen LogP contribution in [0.2, 0.25) is 0 Å². The Morgan fingerprint density at radius 3 is 2.32 bits per heavy atom. The highest BCUT2D eigenvalue weighted by Gasteiger charge is 2.76. The van der Waals surface area contributed by atoms with Crippen molar-refractivity contribution in [2.24, 2.45) is 40.4 Å². The highest BCUT2D eigenvalue weighted by Crippen LogP contribution is 2.77. The molecule has 0 aromatic rings. The number of allylic oxidation sites excluding steroid dienone is 2. The lowest BCUT2D eigenvalue weighted by molar-refractivity contribution is -0.213. The molecule has 6 aliphatic rings. The van der Waals surface area contributed by atoms with E-state index in [1.165, 1.54) is 10.5 Å². The first kappa shape index (κ1) is 15.8. The second kappa shape index (κ2) is 4.44. The van der Waals surface area contributed by atoms with Gasteiger partial charge in [-0.3, -0.25) is 19.3 Å². The molecule has 6 atom stereocenters. The van der Waals surface area contributed by atoms with E-state index >= 15 is 0 Å². The molecule has 25 heavy (non-hydrogen) atoms. The lowest BCUT2D eigenvalue weighted by Crippen LogP contribution is -2.69. The van der Waals surface area contributed by atoms with Crippen LogP contribution in [0, 0.1) is 40.4 Å². The number of ketones is 1. The van der Waals surface area contributed by atoms with E-state index in [1.54, 1.807) is 0 Å². The zero-order valence-electron chi connectivity index (χ0n) is 15.6. The first-order chi connectivity index (χ1) is 11.7. The van der Waals surface area contributed by atoms with Crippen LogP contribution in [-0.2, 0) is 14.4 Å². The van der Waals surface area contributed by atoms with Gasteiger partial charge < -0.3 is 0 Å². The Hall–Kier alpha value is -1.45. The van der Waals surface area contributed by atoms with E-state index in [2.05, 4.69) is 20.8 Å². The van der Waals surface area contributed by atoms with Crippen LogP contribution in [0.25, 0.3) is 0 Å². The molecule has 6 rings (SSSR count). The van der Waals surface area contributed by atoms with E-state index in [1.807, 2.05) is 6.92 Å². The first-order valence-corrected chi connectivity index (χ1v) is 9.85. The molecule has 1 aliphatic heterocycles. The molecule has 2 bridgehead atoms. The van der Waals surface area contributed by atoms with Crippen molar-refractivity contribution in [3.63, 3.8) is 0 Å². The van der Waals surface area contributed by atoms with Gasteiger partial charge in [-0.2, -0.15) is 0 Å². The van der Waals surface area contributed by atoms with Gasteiger partial charge >= 0.3 is 0 Å². The molecule has 0 aromatic carbocycles. The Bertz CT molecular complexity index is 763. The van der Waals surface area contributed by atoms with Crippen molar-refractivity contribution in [1.29, 1.82) is 0 Å². The maximum absolute atomic E-state index is 13.1. The third-order valence-electron chi connectivity index (χ3n) is 8.22. The molecule has 2 saturated carbocycles. The topological polar surface area (TPSA) is 54.5 Å². The molecule has 0 radical (unpaired) electrons. The Morgan fingerprint density at radius 1 is 1.00 bits per heavy atom. The number of nitrogens with zero attached hydrogens (tertiary/aromatic N) is 1. The lowest BCUT2D eigenvalue weighted by atomic mass is 9.30. The van der Waals surface area contributed by atoms with Gasteiger partial charge in [-0.1, -0.05) is 26.3 Å². The predicted octanol–water partition coefficient (Wildman–Crippen LogP) is 2.97. The third-order valence-corrected chi connectivity index (χ3v) is 8.22.